The minimum Gasteiger partial charge on any atom is -0.374 e. The number of benzene rings is 1. The van der Waals surface area contributed by atoms with E-state index in [1.54, 1.807) is 6.92 Å². The molecular formula is C18H22O. The van der Waals surface area contributed by atoms with Gasteiger partial charge in [-0.3, -0.25) is 0 Å². The maximum atomic E-state index is 10.4. The van der Waals surface area contributed by atoms with E-state index in [-0.39, 0.29) is 0 Å². The molecule has 1 unspecified atom stereocenters. The van der Waals surface area contributed by atoms with Gasteiger partial charge >= 0.3 is 0 Å². The van der Waals surface area contributed by atoms with E-state index >= 15 is 0 Å². The van der Waals surface area contributed by atoms with E-state index < -0.39 is 5.60 Å². The first-order chi connectivity index (χ1) is 8.90. The van der Waals surface area contributed by atoms with Gasteiger partial charge in [0.25, 0.3) is 0 Å². The lowest BCUT2D eigenvalue weighted by Crippen LogP contribution is -2.23. The Balaban J connectivity index is 3.07. The predicted molar refractivity (Wildman–Crippen MR) is 82.0 cm³/mol. The van der Waals surface area contributed by atoms with Gasteiger partial charge in [0.15, 0.2) is 0 Å². The van der Waals surface area contributed by atoms with E-state index in [9.17, 15) is 5.11 Å². The minimum absolute atomic E-state index is 0.811. The summed E-state index contributed by atoms with van der Waals surface area (Å²) in [7, 11) is 0. The van der Waals surface area contributed by atoms with Gasteiger partial charge in [0, 0.05) is 5.56 Å². The molecule has 1 nitrogen and oxygen atoms in total. The van der Waals surface area contributed by atoms with Gasteiger partial charge in [-0.25, -0.2) is 0 Å². The number of hydrogen-bond donors (Lipinski definition) is 1. The molecule has 1 atom stereocenters. The normalized spacial score (nSPS) is 14.9. The fraction of sp³-hybridized carbons (Fsp3) is 0.333. The minimum atomic E-state index is -1.12. The summed E-state index contributed by atoms with van der Waals surface area (Å²) >= 11 is 0. The molecule has 0 saturated heterocycles. The first-order valence-corrected chi connectivity index (χ1v) is 6.53. The van der Waals surface area contributed by atoms with Gasteiger partial charge < -0.3 is 5.11 Å². The summed E-state index contributed by atoms with van der Waals surface area (Å²) in [5, 5.41) is 10.4. The Kier molecular flexibility index (Phi) is 5.15. The standard InChI is InChI=1S/C18H22O/c1-6-8-17(7-2)18(5,19)12-11-16-10-9-14(3)15(4)13-16/h6-10,13,19H,1-5H3. The van der Waals surface area contributed by atoms with Crippen LogP contribution in [-0.4, -0.2) is 10.7 Å². The van der Waals surface area contributed by atoms with Crippen LogP contribution in [0.2, 0.25) is 0 Å². The molecule has 0 aliphatic rings. The molecule has 0 fully saturated rings. The number of rotatable bonds is 2. The summed E-state index contributed by atoms with van der Waals surface area (Å²) in [6, 6.07) is 6.08. The van der Waals surface area contributed by atoms with E-state index in [1.165, 1.54) is 11.1 Å². The van der Waals surface area contributed by atoms with Crippen LogP contribution in [0.3, 0.4) is 0 Å². The monoisotopic (exact) mass is 254 g/mol. The van der Waals surface area contributed by atoms with Crippen LogP contribution in [0.25, 0.3) is 0 Å². The van der Waals surface area contributed by atoms with Gasteiger partial charge in [0.2, 0.25) is 0 Å². The van der Waals surface area contributed by atoms with Gasteiger partial charge in [-0.05, 0) is 63.5 Å². The largest absolute Gasteiger partial charge is 0.374 e. The van der Waals surface area contributed by atoms with Crippen LogP contribution >= 0.6 is 0 Å². The number of aryl methyl sites for hydroxylation is 2. The van der Waals surface area contributed by atoms with Crippen molar-refractivity contribution in [3.8, 4) is 11.8 Å². The lowest BCUT2D eigenvalue weighted by molar-refractivity contribution is 0.165. The molecule has 0 spiro atoms. The van der Waals surface area contributed by atoms with E-state index in [2.05, 4.69) is 31.8 Å². The number of allylic oxidation sites excluding steroid dienone is 2. The molecule has 0 heterocycles. The zero-order valence-electron chi connectivity index (χ0n) is 12.4. The highest BCUT2D eigenvalue weighted by molar-refractivity contribution is 5.44. The van der Waals surface area contributed by atoms with Crippen molar-refractivity contribution in [1.29, 1.82) is 0 Å². The first-order valence-electron chi connectivity index (χ1n) is 6.53. The Morgan fingerprint density at radius 1 is 1.21 bits per heavy atom. The molecule has 0 aliphatic carbocycles. The molecular weight excluding hydrogens is 232 g/mol. The maximum Gasteiger partial charge on any atom is 0.148 e. The summed E-state index contributed by atoms with van der Waals surface area (Å²) in [5.74, 6) is 6.00. The molecule has 0 radical (unpaired) electrons. The summed E-state index contributed by atoms with van der Waals surface area (Å²) < 4.78 is 0. The van der Waals surface area contributed by atoms with Gasteiger partial charge in [0.05, 0.1) is 0 Å². The van der Waals surface area contributed by atoms with E-state index in [0.29, 0.717) is 0 Å². The lowest BCUT2D eigenvalue weighted by Gasteiger charge is -2.17. The third-order valence-electron chi connectivity index (χ3n) is 3.18. The zero-order chi connectivity index (χ0) is 14.5. The Morgan fingerprint density at radius 3 is 2.42 bits per heavy atom. The third kappa shape index (κ3) is 4.12. The molecule has 0 aliphatic heterocycles. The van der Waals surface area contributed by atoms with E-state index in [1.807, 2.05) is 44.2 Å². The van der Waals surface area contributed by atoms with E-state index in [0.717, 1.165) is 11.1 Å². The maximum absolute atomic E-state index is 10.4. The molecule has 0 bridgehead atoms. The second-order valence-corrected chi connectivity index (χ2v) is 4.87. The van der Waals surface area contributed by atoms with Crippen molar-refractivity contribution < 1.29 is 5.11 Å². The van der Waals surface area contributed by atoms with Gasteiger partial charge in [-0.15, -0.1) is 0 Å². The highest BCUT2D eigenvalue weighted by Crippen LogP contribution is 2.17. The quantitative estimate of drug-likeness (QED) is 0.626. The zero-order valence-corrected chi connectivity index (χ0v) is 12.4. The Labute approximate surface area is 116 Å². The molecule has 1 rings (SSSR count). The van der Waals surface area contributed by atoms with Crippen LogP contribution in [0.4, 0.5) is 0 Å². The highest BCUT2D eigenvalue weighted by Gasteiger charge is 2.19. The van der Waals surface area contributed by atoms with Crippen LogP contribution in [0.5, 0.6) is 0 Å². The Hall–Kier alpha value is -1.78. The fourth-order valence-corrected chi connectivity index (χ4v) is 1.80. The lowest BCUT2D eigenvalue weighted by atomic mass is 9.95. The molecule has 1 aromatic rings. The van der Waals surface area contributed by atoms with Crippen molar-refractivity contribution in [2.24, 2.45) is 0 Å². The molecule has 19 heavy (non-hydrogen) atoms. The summed E-state index contributed by atoms with van der Waals surface area (Å²) in [6.07, 6.45) is 5.67. The SMILES string of the molecule is CC=CC(=CC)C(C)(O)C#Cc1ccc(C)c(C)c1. The van der Waals surface area contributed by atoms with Crippen molar-refractivity contribution in [3.05, 3.63) is 58.7 Å². The van der Waals surface area contributed by atoms with Crippen LogP contribution < -0.4 is 0 Å². The van der Waals surface area contributed by atoms with Crippen LogP contribution in [0, 0.1) is 25.7 Å². The van der Waals surface area contributed by atoms with E-state index in [4.69, 9.17) is 0 Å². The first kappa shape index (κ1) is 15.3. The second kappa shape index (κ2) is 6.41. The molecule has 100 valence electrons. The van der Waals surface area contributed by atoms with Crippen LogP contribution in [-0.2, 0) is 0 Å². The van der Waals surface area contributed by atoms with Gasteiger partial charge in [0.1, 0.15) is 5.60 Å². The second-order valence-electron chi connectivity index (χ2n) is 4.87. The summed E-state index contributed by atoms with van der Waals surface area (Å²) in [4.78, 5) is 0. The Morgan fingerprint density at radius 2 is 1.89 bits per heavy atom. The molecule has 0 amide bonds. The third-order valence-corrected chi connectivity index (χ3v) is 3.18. The smallest absolute Gasteiger partial charge is 0.148 e. The molecule has 0 saturated carbocycles. The average molecular weight is 254 g/mol. The molecule has 0 aromatic heterocycles. The Bertz CT molecular complexity index is 563. The molecule has 1 N–H and O–H groups in total. The topological polar surface area (TPSA) is 20.2 Å². The van der Waals surface area contributed by atoms with Crippen LogP contribution in [0.15, 0.2) is 42.0 Å². The van der Waals surface area contributed by atoms with Crippen molar-refractivity contribution in [2.45, 2.75) is 40.2 Å². The summed E-state index contributed by atoms with van der Waals surface area (Å²) in [6.45, 7) is 9.69. The number of aliphatic hydroxyl groups is 1. The number of hydrogen-bond acceptors (Lipinski definition) is 1. The molecule has 1 aromatic carbocycles. The van der Waals surface area contributed by atoms with Gasteiger partial charge in [-0.2, -0.15) is 0 Å². The predicted octanol–water partition coefficient (Wildman–Crippen LogP) is 3.93. The summed E-state index contributed by atoms with van der Waals surface area (Å²) in [5.41, 5.74) is 3.08. The fourth-order valence-electron chi connectivity index (χ4n) is 1.80. The highest BCUT2D eigenvalue weighted by atomic mass is 16.3. The van der Waals surface area contributed by atoms with Crippen molar-refractivity contribution in [3.63, 3.8) is 0 Å². The molecule has 1 heteroatoms. The van der Waals surface area contributed by atoms with Gasteiger partial charge in [-0.1, -0.05) is 36.1 Å². The van der Waals surface area contributed by atoms with Crippen molar-refractivity contribution in [1.82, 2.24) is 0 Å². The van der Waals surface area contributed by atoms with Crippen molar-refractivity contribution in [2.75, 3.05) is 0 Å². The average Bonchev–Trinajstić information content (AvgIpc) is 2.37. The van der Waals surface area contributed by atoms with Crippen molar-refractivity contribution >= 4 is 0 Å². The van der Waals surface area contributed by atoms with Crippen LogP contribution in [0.1, 0.15) is 37.5 Å².